The molecule has 0 atom stereocenters. The Labute approximate surface area is 83.7 Å². The second-order valence-electron chi connectivity index (χ2n) is 3.99. The fourth-order valence-corrected chi connectivity index (χ4v) is 0.890. The summed E-state index contributed by atoms with van der Waals surface area (Å²) >= 11 is 0. The van der Waals surface area contributed by atoms with Crippen LogP contribution in [0.3, 0.4) is 0 Å². The predicted molar refractivity (Wildman–Crippen MR) is 55.0 cm³/mol. The zero-order valence-electron chi connectivity index (χ0n) is 8.59. The highest BCUT2D eigenvalue weighted by Gasteiger charge is 2.13. The molecular weight excluding hydrogens is 178 g/mol. The number of nitrogens with one attached hydrogen (secondary N) is 2. The van der Waals surface area contributed by atoms with E-state index < -0.39 is 0 Å². The highest BCUT2D eigenvalue weighted by molar-refractivity contribution is 5.89. The SMILES string of the molecule is CC(C)(C)NC(=O)Nc1[c]nccc1. The zero-order valence-corrected chi connectivity index (χ0v) is 8.59. The van der Waals surface area contributed by atoms with Crippen molar-refractivity contribution in [1.82, 2.24) is 10.3 Å². The molecule has 0 saturated carbocycles. The molecule has 0 aliphatic heterocycles. The lowest BCUT2D eigenvalue weighted by Gasteiger charge is -2.20. The van der Waals surface area contributed by atoms with Gasteiger partial charge in [0.1, 0.15) is 6.20 Å². The molecule has 0 bridgehead atoms. The minimum Gasteiger partial charge on any atom is -0.333 e. The summed E-state index contributed by atoms with van der Waals surface area (Å²) in [4.78, 5) is 15.1. The fraction of sp³-hybridized carbons (Fsp3) is 0.400. The first kappa shape index (κ1) is 10.5. The van der Waals surface area contributed by atoms with Crippen LogP contribution in [-0.4, -0.2) is 16.6 Å². The van der Waals surface area contributed by atoms with E-state index in [4.69, 9.17) is 0 Å². The first-order valence-electron chi connectivity index (χ1n) is 4.39. The fourth-order valence-electron chi connectivity index (χ4n) is 0.890. The van der Waals surface area contributed by atoms with Crippen molar-refractivity contribution in [3.05, 3.63) is 24.5 Å². The van der Waals surface area contributed by atoms with Gasteiger partial charge in [-0.1, -0.05) is 0 Å². The van der Waals surface area contributed by atoms with Crippen molar-refractivity contribution in [2.45, 2.75) is 26.3 Å². The first-order chi connectivity index (χ1) is 6.47. The van der Waals surface area contributed by atoms with Gasteiger partial charge in [-0.15, -0.1) is 0 Å². The third-order valence-electron chi connectivity index (χ3n) is 1.35. The van der Waals surface area contributed by atoms with E-state index in [-0.39, 0.29) is 11.6 Å². The summed E-state index contributed by atoms with van der Waals surface area (Å²) in [6.45, 7) is 5.75. The van der Waals surface area contributed by atoms with Gasteiger partial charge in [0.25, 0.3) is 0 Å². The van der Waals surface area contributed by atoms with E-state index in [9.17, 15) is 4.79 Å². The predicted octanol–water partition coefficient (Wildman–Crippen LogP) is 1.80. The van der Waals surface area contributed by atoms with Gasteiger partial charge in [-0.2, -0.15) is 0 Å². The summed E-state index contributed by atoms with van der Waals surface area (Å²) in [5, 5.41) is 5.40. The highest BCUT2D eigenvalue weighted by atomic mass is 16.2. The zero-order chi connectivity index (χ0) is 10.6. The van der Waals surface area contributed by atoms with Crippen molar-refractivity contribution in [2.24, 2.45) is 0 Å². The number of carbonyl (C=O) groups excluding carboxylic acids is 1. The molecule has 2 amide bonds. The van der Waals surface area contributed by atoms with Gasteiger partial charge in [0, 0.05) is 11.7 Å². The number of amides is 2. The lowest BCUT2D eigenvalue weighted by molar-refractivity contribution is 0.244. The molecule has 14 heavy (non-hydrogen) atoms. The van der Waals surface area contributed by atoms with Gasteiger partial charge in [-0.05, 0) is 32.9 Å². The molecule has 1 aromatic rings. The average Bonchev–Trinajstić information content (AvgIpc) is 2.02. The lowest BCUT2D eigenvalue weighted by atomic mass is 10.1. The van der Waals surface area contributed by atoms with Crippen molar-refractivity contribution in [1.29, 1.82) is 0 Å². The Bertz CT molecular complexity index is 303. The summed E-state index contributed by atoms with van der Waals surface area (Å²) < 4.78 is 0. The Morgan fingerprint density at radius 1 is 1.50 bits per heavy atom. The second-order valence-corrected chi connectivity index (χ2v) is 3.99. The number of aromatic nitrogens is 1. The monoisotopic (exact) mass is 192 g/mol. The van der Waals surface area contributed by atoms with E-state index in [1.54, 1.807) is 18.3 Å². The molecule has 1 rings (SSSR count). The molecule has 1 radical (unpaired) electrons. The van der Waals surface area contributed by atoms with Crippen LogP contribution in [0.2, 0.25) is 0 Å². The number of hydrogen-bond donors (Lipinski definition) is 2. The van der Waals surface area contributed by atoms with Gasteiger partial charge < -0.3 is 10.6 Å². The molecule has 1 heterocycles. The lowest BCUT2D eigenvalue weighted by Crippen LogP contribution is -2.43. The number of carbonyl (C=O) groups is 1. The van der Waals surface area contributed by atoms with Gasteiger partial charge in [-0.25, -0.2) is 4.79 Å². The molecule has 0 spiro atoms. The highest BCUT2D eigenvalue weighted by Crippen LogP contribution is 2.03. The van der Waals surface area contributed by atoms with Crippen molar-refractivity contribution in [3.63, 3.8) is 0 Å². The summed E-state index contributed by atoms with van der Waals surface area (Å²) in [6, 6.07) is 3.22. The van der Waals surface area contributed by atoms with Crippen LogP contribution in [0.4, 0.5) is 10.5 Å². The molecule has 4 nitrogen and oxygen atoms in total. The molecule has 0 aliphatic rings. The van der Waals surface area contributed by atoms with E-state index in [2.05, 4.69) is 21.8 Å². The Kier molecular flexibility index (Phi) is 3.06. The van der Waals surface area contributed by atoms with Gasteiger partial charge in [0.15, 0.2) is 0 Å². The molecule has 75 valence electrons. The number of hydrogen-bond acceptors (Lipinski definition) is 2. The van der Waals surface area contributed by atoms with Crippen molar-refractivity contribution >= 4 is 11.7 Å². The van der Waals surface area contributed by atoms with Crippen LogP contribution in [0, 0.1) is 6.20 Å². The van der Waals surface area contributed by atoms with Crippen molar-refractivity contribution in [3.8, 4) is 0 Å². The normalized spacial score (nSPS) is 10.8. The van der Waals surface area contributed by atoms with Gasteiger partial charge in [-0.3, -0.25) is 4.98 Å². The van der Waals surface area contributed by atoms with Crippen LogP contribution in [0.25, 0.3) is 0 Å². The Morgan fingerprint density at radius 2 is 2.21 bits per heavy atom. The quantitative estimate of drug-likeness (QED) is 0.712. The third-order valence-corrected chi connectivity index (χ3v) is 1.35. The first-order valence-corrected chi connectivity index (χ1v) is 4.39. The summed E-state index contributed by atoms with van der Waals surface area (Å²) in [5.74, 6) is 0. The minimum atomic E-state index is -0.248. The van der Waals surface area contributed by atoms with Crippen molar-refractivity contribution < 1.29 is 4.79 Å². The number of nitrogens with zero attached hydrogens (tertiary/aromatic N) is 1. The van der Waals surface area contributed by atoms with E-state index in [0.717, 1.165) is 0 Å². The molecule has 0 unspecified atom stereocenters. The van der Waals surface area contributed by atoms with Gasteiger partial charge in [0.05, 0.1) is 5.69 Å². The Balaban J connectivity index is 2.50. The summed E-state index contributed by atoms with van der Waals surface area (Å²) in [6.07, 6.45) is 4.27. The molecule has 0 fully saturated rings. The molecule has 4 heteroatoms. The standard InChI is InChI=1S/C10H14N3O/c1-10(2,3)13-9(14)12-8-5-4-6-11-7-8/h4-6H,1-3H3,(H2,12,13,14). The molecule has 0 aliphatic carbocycles. The molecule has 1 aromatic heterocycles. The number of pyridine rings is 1. The van der Waals surface area contributed by atoms with Crippen LogP contribution in [-0.2, 0) is 0 Å². The Hall–Kier alpha value is -1.58. The van der Waals surface area contributed by atoms with E-state index >= 15 is 0 Å². The summed E-state index contributed by atoms with van der Waals surface area (Å²) in [5.41, 5.74) is 0.320. The van der Waals surface area contributed by atoms with Crippen LogP contribution >= 0.6 is 0 Å². The number of anilines is 1. The van der Waals surface area contributed by atoms with Crippen LogP contribution < -0.4 is 10.6 Å². The van der Waals surface area contributed by atoms with Crippen LogP contribution in [0.15, 0.2) is 18.3 Å². The maximum absolute atomic E-state index is 11.4. The third kappa shape index (κ3) is 3.89. The largest absolute Gasteiger partial charge is 0.333 e. The van der Waals surface area contributed by atoms with Gasteiger partial charge in [0.2, 0.25) is 0 Å². The molecule has 0 saturated heterocycles. The minimum absolute atomic E-state index is 0.244. The molecular formula is C10H14N3O. The smallest absolute Gasteiger partial charge is 0.319 e. The van der Waals surface area contributed by atoms with E-state index in [1.165, 1.54) is 0 Å². The maximum atomic E-state index is 11.4. The Morgan fingerprint density at radius 3 is 2.71 bits per heavy atom. The number of urea groups is 1. The van der Waals surface area contributed by atoms with Gasteiger partial charge >= 0.3 is 6.03 Å². The summed E-state index contributed by atoms with van der Waals surface area (Å²) in [7, 11) is 0. The maximum Gasteiger partial charge on any atom is 0.319 e. The molecule has 2 N–H and O–H groups in total. The van der Waals surface area contributed by atoms with Crippen molar-refractivity contribution in [2.75, 3.05) is 5.32 Å². The van der Waals surface area contributed by atoms with Crippen LogP contribution in [0.1, 0.15) is 20.8 Å². The van der Waals surface area contributed by atoms with E-state index in [1.807, 2.05) is 20.8 Å². The topological polar surface area (TPSA) is 54.0 Å². The average molecular weight is 192 g/mol. The van der Waals surface area contributed by atoms with Crippen LogP contribution in [0.5, 0.6) is 0 Å². The molecule has 0 aromatic carbocycles. The number of rotatable bonds is 1. The second kappa shape index (κ2) is 4.09. The van der Waals surface area contributed by atoms with E-state index in [0.29, 0.717) is 5.69 Å².